The predicted molar refractivity (Wildman–Crippen MR) is 156 cm³/mol. The van der Waals surface area contributed by atoms with E-state index in [-0.39, 0.29) is 17.8 Å². The zero-order chi connectivity index (χ0) is 28.1. The number of hydrogen-bond acceptors (Lipinski definition) is 7. The van der Waals surface area contributed by atoms with E-state index in [4.69, 9.17) is 37.4 Å². The minimum Gasteiger partial charge on any atom is -0.508 e. The van der Waals surface area contributed by atoms with Crippen LogP contribution in [0.5, 0.6) is 11.5 Å². The Kier molecular flexibility index (Phi) is 8.83. The van der Waals surface area contributed by atoms with Crippen molar-refractivity contribution in [2.24, 2.45) is 0 Å². The summed E-state index contributed by atoms with van der Waals surface area (Å²) in [5.41, 5.74) is 5.59. The second-order valence-corrected chi connectivity index (χ2v) is 10.6. The quantitative estimate of drug-likeness (QED) is 0.351. The van der Waals surface area contributed by atoms with Crippen LogP contribution >= 0.6 is 23.2 Å². The molecule has 8 nitrogen and oxygen atoms in total. The Morgan fingerprint density at radius 3 is 2.50 bits per heavy atom. The number of carbonyl (C=O) groups is 1. The highest BCUT2D eigenvalue weighted by Crippen LogP contribution is 2.38. The summed E-state index contributed by atoms with van der Waals surface area (Å²) in [6.07, 6.45) is 2.97. The fourth-order valence-electron chi connectivity index (χ4n) is 4.69. The molecule has 0 aromatic heterocycles. The summed E-state index contributed by atoms with van der Waals surface area (Å²) in [5.74, 6) is -0.197. The number of carbonyl (C=O) groups excluding carboxylic acids is 1. The van der Waals surface area contributed by atoms with Crippen molar-refractivity contribution in [1.82, 2.24) is 10.4 Å². The van der Waals surface area contributed by atoms with Crippen LogP contribution in [0.25, 0.3) is 6.08 Å². The van der Waals surface area contributed by atoms with E-state index in [9.17, 15) is 9.90 Å². The maximum Gasteiger partial charge on any atom is 0.258 e. The number of phenolic OH excluding ortho intramolecular Hbond substituents is 1. The topological polar surface area (TPSA) is 83.5 Å². The SMILES string of the molecule is C[C@]1(c2ccc(Cl)cc2Cl)OC[C@@H](COc2ccc(N3CCN(NC(=O)/C=C/c4ccc(O)cc4)CC3)cc2)O1. The van der Waals surface area contributed by atoms with Gasteiger partial charge >= 0.3 is 0 Å². The number of nitrogens with one attached hydrogen (secondary N) is 1. The van der Waals surface area contributed by atoms with Crippen molar-refractivity contribution < 1.29 is 24.1 Å². The summed E-state index contributed by atoms with van der Waals surface area (Å²) in [6, 6.07) is 19.9. The number of nitrogens with zero attached hydrogens (tertiary/aromatic N) is 2. The van der Waals surface area contributed by atoms with Gasteiger partial charge in [0, 0.05) is 48.5 Å². The molecule has 0 spiro atoms. The van der Waals surface area contributed by atoms with Gasteiger partial charge in [0.25, 0.3) is 5.91 Å². The van der Waals surface area contributed by atoms with Crippen molar-refractivity contribution in [1.29, 1.82) is 0 Å². The molecule has 2 N–H and O–H groups in total. The van der Waals surface area contributed by atoms with Crippen molar-refractivity contribution in [3.63, 3.8) is 0 Å². The van der Waals surface area contributed by atoms with Crippen LogP contribution in [0.1, 0.15) is 18.1 Å². The first-order valence-corrected chi connectivity index (χ1v) is 13.8. The van der Waals surface area contributed by atoms with Gasteiger partial charge in [0.1, 0.15) is 24.2 Å². The number of phenols is 1. The Hall–Kier alpha value is -3.27. The number of halogens is 2. The van der Waals surface area contributed by atoms with E-state index in [2.05, 4.69) is 10.3 Å². The van der Waals surface area contributed by atoms with E-state index in [0.717, 1.165) is 35.7 Å². The van der Waals surface area contributed by atoms with Crippen molar-refractivity contribution in [3.8, 4) is 11.5 Å². The molecule has 0 saturated carbocycles. The number of amides is 1. The minimum absolute atomic E-state index is 0.184. The van der Waals surface area contributed by atoms with Gasteiger partial charge in [-0.3, -0.25) is 10.2 Å². The van der Waals surface area contributed by atoms with Crippen LogP contribution in [0.2, 0.25) is 10.0 Å². The Morgan fingerprint density at radius 2 is 1.80 bits per heavy atom. The fourth-order valence-corrected chi connectivity index (χ4v) is 5.27. The van der Waals surface area contributed by atoms with Gasteiger partial charge in [0.15, 0.2) is 5.79 Å². The Morgan fingerprint density at radius 1 is 1.07 bits per heavy atom. The number of ether oxygens (including phenoxy) is 3. The maximum atomic E-state index is 12.3. The number of hydrazine groups is 1. The third-order valence-electron chi connectivity index (χ3n) is 6.86. The van der Waals surface area contributed by atoms with Crippen LogP contribution in [0, 0.1) is 0 Å². The highest BCUT2D eigenvalue weighted by molar-refractivity contribution is 6.35. The second kappa shape index (κ2) is 12.5. The van der Waals surface area contributed by atoms with Gasteiger partial charge in [-0.15, -0.1) is 0 Å². The standard InChI is InChI=1S/C30H31Cl2N3O5/c1-30(27-12-5-22(31)18-28(27)32)39-20-26(40-30)19-38-25-10-6-23(7-11-25)34-14-16-35(17-15-34)33-29(37)13-4-21-2-8-24(36)9-3-21/h2-13,18,26,36H,14-17,19-20H2,1H3,(H,33,37)/b13-4+/t26-,30+/m1/s1. The third-order valence-corrected chi connectivity index (χ3v) is 7.41. The second-order valence-electron chi connectivity index (χ2n) is 9.80. The Labute approximate surface area is 243 Å². The zero-order valence-corrected chi connectivity index (χ0v) is 23.6. The van der Waals surface area contributed by atoms with Gasteiger partial charge in [0.2, 0.25) is 0 Å². The van der Waals surface area contributed by atoms with E-state index in [1.807, 2.05) is 42.3 Å². The normalized spacial score (nSPS) is 21.6. The molecule has 3 aromatic carbocycles. The molecule has 2 fully saturated rings. The summed E-state index contributed by atoms with van der Waals surface area (Å²) in [4.78, 5) is 14.6. The van der Waals surface area contributed by atoms with Crippen molar-refractivity contribution in [2.75, 3.05) is 44.3 Å². The molecule has 40 heavy (non-hydrogen) atoms. The zero-order valence-electron chi connectivity index (χ0n) is 22.1. The van der Waals surface area contributed by atoms with Gasteiger partial charge in [-0.25, -0.2) is 5.01 Å². The molecule has 0 unspecified atom stereocenters. The molecular weight excluding hydrogens is 553 g/mol. The number of benzene rings is 3. The first kappa shape index (κ1) is 28.3. The smallest absolute Gasteiger partial charge is 0.258 e. The Balaban J connectivity index is 1.05. The van der Waals surface area contributed by atoms with Crippen LogP contribution in [0.15, 0.2) is 72.8 Å². The van der Waals surface area contributed by atoms with Gasteiger partial charge in [0.05, 0.1) is 11.6 Å². The number of anilines is 1. The predicted octanol–water partition coefficient (Wildman–Crippen LogP) is 5.23. The highest BCUT2D eigenvalue weighted by Gasteiger charge is 2.40. The van der Waals surface area contributed by atoms with E-state index in [1.165, 1.54) is 6.08 Å². The number of piperazine rings is 1. The van der Waals surface area contributed by atoms with Crippen molar-refractivity contribution in [3.05, 3.63) is 94.0 Å². The number of hydrogen-bond donors (Lipinski definition) is 2. The van der Waals surface area contributed by atoms with Gasteiger partial charge in [-0.1, -0.05) is 41.4 Å². The molecule has 0 aliphatic carbocycles. The molecule has 210 valence electrons. The van der Waals surface area contributed by atoms with Crippen LogP contribution in [0.4, 0.5) is 5.69 Å². The molecule has 2 saturated heterocycles. The van der Waals surface area contributed by atoms with E-state index < -0.39 is 5.79 Å². The molecule has 5 rings (SSSR count). The first-order chi connectivity index (χ1) is 19.3. The third kappa shape index (κ3) is 7.08. The number of aromatic hydroxyl groups is 1. The summed E-state index contributed by atoms with van der Waals surface area (Å²) >= 11 is 12.4. The first-order valence-electron chi connectivity index (χ1n) is 13.1. The highest BCUT2D eigenvalue weighted by atomic mass is 35.5. The summed E-state index contributed by atoms with van der Waals surface area (Å²) < 4.78 is 18.1. The van der Waals surface area contributed by atoms with E-state index >= 15 is 0 Å². The molecular formula is C30H31Cl2N3O5. The summed E-state index contributed by atoms with van der Waals surface area (Å²) in [7, 11) is 0. The van der Waals surface area contributed by atoms with Crippen LogP contribution < -0.4 is 15.1 Å². The van der Waals surface area contributed by atoms with E-state index in [0.29, 0.717) is 36.3 Å². The lowest BCUT2D eigenvalue weighted by atomic mass is 10.1. The number of rotatable bonds is 8. The van der Waals surface area contributed by atoms with Crippen molar-refractivity contribution >= 4 is 40.9 Å². The molecule has 2 atom stereocenters. The lowest BCUT2D eigenvalue weighted by Crippen LogP contribution is -2.53. The van der Waals surface area contributed by atoms with Crippen molar-refractivity contribution in [2.45, 2.75) is 18.8 Å². The molecule has 0 bridgehead atoms. The monoisotopic (exact) mass is 583 g/mol. The van der Waals surface area contributed by atoms with Gasteiger partial charge in [-0.05, 0) is 67.1 Å². The van der Waals surface area contributed by atoms with Gasteiger partial charge < -0.3 is 24.2 Å². The molecule has 2 aliphatic heterocycles. The Bertz CT molecular complexity index is 1340. The maximum absolute atomic E-state index is 12.3. The molecule has 3 aromatic rings. The van der Waals surface area contributed by atoms with Crippen LogP contribution in [-0.2, 0) is 20.1 Å². The summed E-state index contributed by atoms with van der Waals surface area (Å²) in [5, 5.41) is 12.3. The summed E-state index contributed by atoms with van der Waals surface area (Å²) in [6.45, 7) is 5.54. The fraction of sp³-hybridized carbons (Fsp3) is 0.300. The molecule has 2 aliphatic rings. The van der Waals surface area contributed by atoms with E-state index in [1.54, 1.807) is 42.5 Å². The molecule has 1 amide bonds. The molecule has 2 heterocycles. The molecule has 0 radical (unpaired) electrons. The lowest BCUT2D eigenvalue weighted by Gasteiger charge is -2.35. The minimum atomic E-state index is -0.954. The van der Waals surface area contributed by atoms with Crippen LogP contribution in [0.3, 0.4) is 0 Å². The average molecular weight is 585 g/mol. The van der Waals surface area contributed by atoms with Gasteiger partial charge in [-0.2, -0.15) is 0 Å². The van der Waals surface area contributed by atoms with Crippen LogP contribution in [-0.4, -0.2) is 61.5 Å². The average Bonchev–Trinajstić information content (AvgIpc) is 3.34. The lowest BCUT2D eigenvalue weighted by molar-refractivity contribution is -0.164. The largest absolute Gasteiger partial charge is 0.508 e. The molecule has 10 heteroatoms.